The van der Waals surface area contributed by atoms with Gasteiger partial charge in [-0.1, -0.05) is 6.07 Å². The number of fused-ring (bicyclic) bond motifs is 2. The van der Waals surface area contributed by atoms with Gasteiger partial charge in [0.2, 0.25) is 5.91 Å². The van der Waals surface area contributed by atoms with Crippen molar-refractivity contribution in [3.8, 4) is 28.2 Å². The smallest absolute Gasteiger partial charge is 0.336 e. The Morgan fingerprint density at radius 1 is 0.529 bits per heavy atom. The molecule has 14 N–H and O–H groups in total. The normalized spacial score (nSPS) is 15.2. The second-order valence-corrected chi connectivity index (χ2v) is 24.8. The monoisotopic (exact) mass is 1440 g/mol. The minimum atomic E-state index is -1.23. The lowest BCUT2D eigenvalue weighted by Crippen LogP contribution is -2.42. The second kappa shape index (κ2) is 47.5. The quantitative estimate of drug-likeness (QED) is 0.0114. The van der Waals surface area contributed by atoms with Gasteiger partial charge in [-0.2, -0.15) is 0 Å². The third-order valence-electron chi connectivity index (χ3n) is 16.6. The topological polar surface area (TPSA) is 388 Å². The van der Waals surface area contributed by atoms with Crippen LogP contribution in [0.3, 0.4) is 0 Å². The van der Waals surface area contributed by atoms with Crippen LogP contribution in [0.1, 0.15) is 73.5 Å². The molecular formula is C71H103N13O17S. The van der Waals surface area contributed by atoms with E-state index in [-0.39, 0.29) is 115 Å². The predicted molar refractivity (Wildman–Crippen MR) is 390 cm³/mol. The molecule has 30 nitrogen and oxygen atoms in total. The minimum Gasteiger partial charge on any atom is -0.508 e. The highest BCUT2D eigenvalue weighted by atomic mass is 32.1. The van der Waals surface area contributed by atoms with Crippen molar-refractivity contribution in [2.75, 3.05) is 222 Å². The lowest BCUT2D eigenvalue weighted by atomic mass is 9.90. The maximum absolute atomic E-state index is 13.7. The van der Waals surface area contributed by atoms with Gasteiger partial charge in [-0.15, -0.1) is 0 Å². The number of rotatable bonds is 40. The summed E-state index contributed by atoms with van der Waals surface area (Å²) < 4.78 is 40.2. The number of carboxylic acid groups (broad SMARTS) is 2. The number of thiocarbonyl (C=S) groups is 1. The van der Waals surface area contributed by atoms with Crippen LogP contribution in [0, 0.1) is 0 Å². The van der Waals surface area contributed by atoms with E-state index in [0.717, 1.165) is 118 Å². The van der Waals surface area contributed by atoms with Gasteiger partial charge in [0.1, 0.15) is 29.7 Å². The van der Waals surface area contributed by atoms with Gasteiger partial charge < -0.3 is 107 Å². The van der Waals surface area contributed by atoms with Crippen LogP contribution in [0.25, 0.3) is 33.4 Å². The Balaban J connectivity index is 0.785. The molecule has 0 aromatic heterocycles. The number of unbranched alkanes of at least 4 members (excludes halogenated alkanes) is 1. The van der Waals surface area contributed by atoms with Gasteiger partial charge in [0.15, 0.2) is 16.3 Å². The number of aromatic hydroxyl groups is 1. The van der Waals surface area contributed by atoms with Crippen LogP contribution in [-0.2, 0) is 38.0 Å². The Kier molecular flexibility index (Phi) is 38.0. The third-order valence-corrected chi connectivity index (χ3v) is 16.9. The highest BCUT2D eigenvalue weighted by Gasteiger charge is 2.24. The summed E-state index contributed by atoms with van der Waals surface area (Å²) >= 11 is 5.48. The summed E-state index contributed by atoms with van der Waals surface area (Å²) in [7, 11) is 0. The van der Waals surface area contributed by atoms with Crippen LogP contribution in [0.4, 0.5) is 5.69 Å². The van der Waals surface area contributed by atoms with Crippen molar-refractivity contribution in [3.05, 3.63) is 105 Å². The van der Waals surface area contributed by atoms with E-state index in [9.17, 15) is 48.9 Å². The predicted octanol–water partition coefficient (Wildman–Crippen LogP) is 1.39. The van der Waals surface area contributed by atoms with Crippen LogP contribution in [0.5, 0.6) is 5.75 Å². The number of carbonyl (C=O) groups excluding carboxylic acids is 4. The van der Waals surface area contributed by atoms with Gasteiger partial charge in [0.25, 0.3) is 11.8 Å². The summed E-state index contributed by atoms with van der Waals surface area (Å²) in [6.45, 7) is 19.9. The average Bonchev–Trinajstić information content (AvgIpc) is 0.749. The maximum Gasteiger partial charge on any atom is 0.336 e. The molecule has 3 aliphatic heterocycles. The number of hydrogen-bond acceptors (Lipinski definition) is 24. The van der Waals surface area contributed by atoms with E-state index in [2.05, 4.69) is 68.3 Å². The summed E-state index contributed by atoms with van der Waals surface area (Å²) in [5.74, 6) is -4.23. The number of nitrogens with zero attached hydrogens (tertiary/aromatic N) is 2. The summed E-state index contributed by atoms with van der Waals surface area (Å²) in [6.07, 6.45) is 1.29. The molecule has 2 saturated heterocycles. The van der Waals surface area contributed by atoms with E-state index < -0.39 is 42.3 Å². The van der Waals surface area contributed by atoms with Crippen LogP contribution >= 0.6 is 12.2 Å². The molecule has 3 aromatic rings. The van der Waals surface area contributed by atoms with E-state index in [1.54, 1.807) is 24.3 Å². The van der Waals surface area contributed by atoms with E-state index in [4.69, 9.17) is 45.1 Å². The molecule has 3 amide bonds. The van der Waals surface area contributed by atoms with Gasteiger partial charge >= 0.3 is 11.9 Å². The largest absolute Gasteiger partial charge is 0.508 e. The Bertz CT molecular complexity index is 3340. The summed E-state index contributed by atoms with van der Waals surface area (Å²) in [4.78, 5) is 95.2. The summed E-state index contributed by atoms with van der Waals surface area (Å²) in [5, 5.41) is 65.9. The number of anilines is 1. The molecule has 2 fully saturated rings. The number of phenols is 1. The van der Waals surface area contributed by atoms with Crippen molar-refractivity contribution in [1.29, 1.82) is 0 Å². The standard InChI is InChI=1S/C71H103N13O17S/c85-55-7-10-58-63(48-55)101-64-49-56(86)8-11-59(64)66(58)57-9-6-54(47-60(57)69(91)92)81-71(102)80-12-2-1-4-61(70(93)94)82-65(88)50-100-43-42-95-33-3-5-62(87)51-44-52(67(89)78-25-34-96-38-40-98-36-31-83-27-21-74-17-13-72-14-18-75-22-28-83)46-53(45-51)68(90)79-26-35-97-39-41-99-37-32-84-29-23-76-19-15-73-16-20-77-24-30-84/h6-11,44-49,61,72-77,85H,1-5,12-43,50H2,(H,78,89)(H,79,90)(H,82,88)(H,91,92)(H,93,94)(H2,80,81,102). The Morgan fingerprint density at radius 3 is 1.61 bits per heavy atom. The fourth-order valence-electron chi connectivity index (χ4n) is 11.2. The van der Waals surface area contributed by atoms with Crippen molar-refractivity contribution in [3.63, 3.8) is 0 Å². The number of aliphatic carboxylic acids is 1. The number of ether oxygens (including phenoxy) is 6. The fraction of sp³-hybridized carbons (Fsp3) is 0.549. The molecular weight excluding hydrogens is 1340 g/mol. The van der Waals surface area contributed by atoms with Crippen LogP contribution in [-0.4, -0.2) is 288 Å². The number of ketones is 1. The van der Waals surface area contributed by atoms with E-state index in [1.165, 1.54) is 48.5 Å². The van der Waals surface area contributed by atoms with Crippen LogP contribution in [0.15, 0.2) is 82.0 Å². The molecule has 3 heterocycles. The maximum atomic E-state index is 13.7. The number of carboxylic acids is 2. The molecule has 1 aliphatic carbocycles. The zero-order chi connectivity index (χ0) is 72.4. The van der Waals surface area contributed by atoms with Crippen molar-refractivity contribution in [2.24, 2.45) is 0 Å². The molecule has 4 aliphatic rings. The second-order valence-electron chi connectivity index (χ2n) is 24.4. The van der Waals surface area contributed by atoms with Gasteiger partial charge in [0, 0.05) is 201 Å². The number of hydrogen-bond donors (Lipinski definition) is 14. The molecule has 7 rings (SSSR count). The molecule has 0 spiro atoms. The Morgan fingerprint density at radius 2 is 1.05 bits per heavy atom. The first-order valence-corrected chi connectivity index (χ1v) is 35.7. The zero-order valence-electron chi connectivity index (χ0n) is 58.2. The van der Waals surface area contributed by atoms with Gasteiger partial charge in [-0.05, 0) is 98.1 Å². The number of carbonyl (C=O) groups is 6. The average molecular weight is 1440 g/mol. The molecule has 31 heteroatoms. The van der Waals surface area contributed by atoms with E-state index >= 15 is 0 Å². The van der Waals surface area contributed by atoms with Crippen molar-refractivity contribution in [1.82, 2.24) is 63.0 Å². The zero-order valence-corrected chi connectivity index (χ0v) is 59.1. The highest BCUT2D eigenvalue weighted by molar-refractivity contribution is 7.80. The lowest BCUT2D eigenvalue weighted by Gasteiger charge is -2.23. The van der Waals surface area contributed by atoms with E-state index in [0.29, 0.717) is 93.2 Å². The Hall–Kier alpha value is -7.70. The van der Waals surface area contributed by atoms with Crippen molar-refractivity contribution < 1.29 is 76.9 Å². The number of benzene rings is 4. The van der Waals surface area contributed by atoms with Crippen LogP contribution in [0.2, 0.25) is 0 Å². The third kappa shape index (κ3) is 30.7. The molecule has 102 heavy (non-hydrogen) atoms. The number of phenolic OH excluding ortho intramolecular Hbond substituents is 1. The number of Topliss-reactive ketones (excluding diaryl/α,β-unsaturated/α-hetero) is 1. The molecule has 0 saturated carbocycles. The SMILES string of the molecule is O=C(COCCOCCCC(=O)c1cc(C(=O)NCCOCCOCCN2CCNCCNCCNCC2)cc(C(=O)NCCOCCOCCN2CCNCCNCCNCC2)c1)NC(CCCCNC(=S)Nc1ccc(-c2c3ccc(=O)cc-3oc3cc(O)ccc23)c(C(=O)O)c1)C(=O)O. The summed E-state index contributed by atoms with van der Waals surface area (Å²) in [6, 6.07) is 16.5. The molecule has 560 valence electrons. The molecule has 1 atom stereocenters. The minimum absolute atomic E-state index is 0.00396. The first-order chi connectivity index (χ1) is 49.7. The highest BCUT2D eigenvalue weighted by Crippen LogP contribution is 2.42. The molecule has 3 aromatic carbocycles. The first-order valence-electron chi connectivity index (χ1n) is 35.3. The first kappa shape index (κ1) is 81.6. The number of aromatic carboxylic acids is 1. The molecule has 1 unspecified atom stereocenters. The number of amides is 3. The molecule has 0 bridgehead atoms. The summed E-state index contributed by atoms with van der Waals surface area (Å²) in [5.41, 5.74) is 2.00. The van der Waals surface area contributed by atoms with Crippen LogP contribution < -0.4 is 63.9 Å². The Labute approximate surface area is 600 Å². The van der Waals surface area contributed by atoms with Crippen molar-refractivity contribution >= 4 is 69.4 Å². The fourth-order valence-corrected chi connectivity index (χ4v) is 11.4. The van der Waals surface area contributed by atoms with Gasteiger partial charge in [-0.25, -0.2) is 9.59 Å². The molecule has 0 radical (unpaired) electrons. The lowest BCUT2D eigenvalue weighted by molar-refractivity contribution is -0.142. The van der Waals surface area contributed by atoms with Crippen molar-refractivity contribution in [2.45, 2.75) is 38.1 Å². The van der Waals surface area contributed by atoms with Gasteiger partial charge in [-0.3, -0.25) is 33.8 Å². The number of nitrogens with one attached hydrogen (secondary N) is 11. The van der Waals surface area contributed by atoms with Gasteiger partial charge in [0.05, 0.1) is 71.6 Å². The van der Waals surface area contributed by atoms with E-state index in [1.807, 2.05) is 0 Å².